The van der Waals surface area contributed by atoms with E-state index < -0.39 is 0 Å². The maximum atomic E-state index is 12.8. The SMILES string of the molecule is CCc1cccc(NC(=O)N2CCN(c3nc(C(C)C)nc4sc(C)c(C)c34)CC2)c1. The number of carbonyl (C=O) groups is 1. The van der Waals surface area contributed by atoms with Gasteiger partial charge in [-0.25, -0.2) is 14.8 Å². The van der Waals surface area contributed by atoms with Crippen molar-refractivity contribution >= 4 is 39.1 Å². The lowest BCUT2D eigenvalue weighted by molar-refractivity contribution is 0.208. The summed E-state index contributed by atoms with van der Waals surface area (Å²) in [6.07, 6.45) is 0.954. The average Bonchev–Trinajstić information content (AvgIpc) is 3.06. The van der Waals surface area contributed by atoms with Crippen LogP contribution in [0.1, 0.15) is 48.5 Å². The van der Waals surface area contributed by atoms with Crippen LogP contribution in [0.5, 0.6) is 0 Å². The molecule has 3 aromatic rings. The summed E-state index contributed by atoms with van der Waals surface area (Å²) < 4.78 is 0. The van der Waals surface area contributed by atoms with Crippen molar-refractivity contribution in [3.8, 4) is 0 Å². The van der Waals surface area contributed by atoms with Gasteiger partial charge in [0, 0.05) is 42.7 Å². The van der Waals surface area contributed by atoms with Gasteiger partial charge in [-0.05, 0) is 43.5 Å². The Balaban J connectivity index is 1.51. The molecule has 7 heteroatoms. The van der Waals surface area contributed by atoms with Gasteiger partial charge in [0.2, 0.25) is 0 Å². The Hall–Kier alpha value is -2.67. The van der Waals surface area contributed by atoms with Crippen LogP contribution in [-0.4, -0.2) is 47.1 Å². The second kappa shape index (κ2) is 8.83. The molecule has 4 rings (SSSR count). The molecular weight excluding hydrogens is 406 g/mol. The van der Waals surface area contributed by atoms with Gasteiger partial charge < -0.3 is 15.1 Å². The van der Waals surface area contributed by atoms with E-state index in [1.165, 1.54) is 21.4 Å². The van der Waals surface area contributed by atoms with Gasteiger partial charge in [0.25, 0.3) is 0 Å². The molecule has 164 valence electrons. The molecule has 1 aromatic carbocycles. The zero-order valence-electron chi connectivity index (χ0n) is 19.0. The van der Waals surface area contributed by atoms with Crippen LogP contribution < -0.4 is 10.2 Å². The molecule has 6 nitrogen and oxygen atoms in total. The van der Waals surface area contributed by atoms with Gasteiger partial charge in [-0.2, -0.15) is 0 Å². The molecule has 3 heterocycles. The van der Waals surface area contributed by atoms with Crippen molar-refractivity contribution in [1.82, 2.24) is 14.9 Å². The van der Waals surface area contributed by atoms with Crippen LogP contribution in [0.2, 0.25) is 0 Å². The topological polar surface area (TPSA) is 61.4 Å². The van der Waals surface area contributed by atoms with Crippen LogP contribution in [-0.2, 0) is 6.42 Å². The summed E-state index contributed by atoms with van der Waals surface area (Å²) in [6.45, 7) is 13.6. The first kappa shape index (κ1) is 21.6. The van der Waals surface area contributed by atoms with E-state index in [1.807, 2.05) is 23.1 Å². The predicted octanol–water partition coefficient (Wildman–Crippen LogP) is 5.35. The van der Waals surface area contributed by atoms with Gasteiger partial charge in [0.1, 0.15) is 16.5 Å². The fourth-order valence-electron chi connectivity index (χ4n) is 3.92. The third-order valence-electron chi connectivity index (χ3n) is 6.00. The second-order valence-electron chi connectivity index (χ2n) is 8.48. The highest BCUT2D eigenvalue weighted by molar-refractivity contribution is 7.18. The van der Waals surface area contributed by atoms with Crippen molar-refractivity contribution < 1.29 is 4.79 Å². The van der Waals surface area contributed by atoms with E-state index in [1.54, 1.807) is 11.3 Å². The summed E-state index contributed by atoms with van der Waals surface area (Å²) in [5.74, 6) is 2.18. The van der Waals surface area contributed by atoms with Crippen LogP contribution in [0.3, 0.4) is 0 Å². The molecule has 1 N–H and O–H groups in total. The quantitative estimate of drug-likeness (QED) is 0.598. The van der Waals surface area contributed by atoms with E-state index in [0.29, 0.717) is 13.1 Å². The fourth-order valence-corrected chi connectivity index (χ4v) is 4.96. The summed E-state index contributed by atoms with van der Waals surface area (Å²) in [7, 11) is 0. The fraction of sp³-hybridized carbons (Fsp3) is 0.458. The van der Waals surface area contributed by atoms with Crippen LogP contribution in [0.25, 0.3) is 10.2 Å². The minimum absolute atomic E-state index is 0.0360. The molecule has 0 atom stereocenters. The lowest BCUT2D eigenvalue weighted by Crippen LogP contribution is -2.50. The van der Waals surface area contributed by atoms with E-state index in [2.05, 4.69) is 50.9 Å². The monoisotopic (exact) mass is 437 g/mol. The van der Waals surface area contributed by atoms with Gasteiger partial charge in [-0.3, -0.25) is 0 Å². The molecule has 1 saturated heterocycles. The van der Waals surface area contributed by atoms with E-state index in [4.69, 9.17) is 9.97 Å². The van der Waals surface area contributed by atoms with Crippen molar-refractivity contribution in [3.05, 3.63) is 46.1 Å². The molecule has 2 aromatic heterocycles. The summed E-state index contributed by atoms with van der Waals surface area (Å²) in [6, 6.07) is 8.02. The number of thiophene rings is 1. The highest BCUT2D eigenvalue weighted by Gasteiger charge is 2.26. The summed E-state index contributed by atoms with van der Waals surface area (Å²) in [4.78, 5) is 29.1. The lowest BCUT2D eigenvalue weighted by atomic mass is 10.1. The molecule has 1 aliphatic rings. The summed E-state index contributed by atoms with van der Waals surface area (Å²) in [5, 5.41) is 4.22. The van der Waals surface area contributed by atoms with Crippen molar-refractivity contribution in [2.45, 2.75) is 47.0 Å². The molecular formula is C24H31N5OS. The zero-order valence-corrected chi connectivity index (χ0v) is 19.8. The molecule has 0 radical (unpaired) electrons. The Morgan fingerprint density at radius 1 is 1.16 bits per heavy atom. The Morgan fingerprint density at radius 2 is 1.90 bits per heavy atom. The number of hydrogen-bond acceptors (Lipinski definition) is 5. The molecule has 0 bridgehead atoms. The van der Waals surface area contributed by atoms with E-state index >= 15 is 0 Å². The van der Waals surface area contributed by atoms with Crippen molar-refractivity contribution in [2.75, 3.05) is 36.4 Å². The number of amides is 2. The molecule has 1 aliphatic heterocycles. The standard InChI is InChI=1S/C24H31N5OS/c1-6-18-8-7-9-19(14-18)25-24(30)29-12-10-28(11-13-29)22-20-16(4)17(5)31-23(20)27-21(26-22)15(2)3/h7-9,14-15H,6,10-13H2,1-5H3,(H,25,30). The number of aryl methyl sites for hydroxylation is 3. The molecule has 0 saturated carbocycles. The minimum atomic E-state index is -0.0360. The van der Waals surface area contributed by atoms with Crippen LogP contribution in [0, 0.1) is 13.8 Å². The van der Waals surface area contributed by atoms with Crippen LogP contribution in [0.15, 0.2) is 24.3 Å². The third kappa shape index (κ3) is 4.37. The maximum Gasteiger partial charge on any atom is 0.321 e. The van der Waals surface area contributed by atoms with E-state index in [-0.39, 0.29) is 11.9 Å². The number of rotatable bonds is 4. The number of nitrogens with zero attached hydrogens (tertiary/aromatic N) is 4. The number of anilines is 2. The third-order valence-corrected chi connectivity index (χ3v) is 7.10. The smallest absolute Gasteiger partial charge is 0.321 e. The van der Waals surface area contributed by atoms with E-state index in [9.17, 15) is 4.79 Å². The number of aromatic nitrogens is 2. The minimum Gasteiger partial charge on any atom is -0.352 e. The van der Waals surface area contributed by atoms with Gasteiger partial charge in [-0.1, -0.05) is 32.9 Å². The summed E-state index contributed by atoms with van der Waals surface area (Å²) >= 11 is 1.75. The Kier molecular flexibility index (Phi) is 6.14. The maximum absolute atomic E-state index is 12.8. The zero-order chi connectivity index (χ0) is 22.1. The van der Waals surface area contributed by atoms with Gasteiger partial charge in [0.05, 0.1) is 5.39 Å². The van der Waals surface area contributed by atoms with Gasteiger partial charge in [0.15, 0.2) is 0 Å². The number of nitrogens with one attached hydrogen (secondary N) is 1. The van der Waals surface area contributed by atoms with Crippen molar-refractivity contribution in [2.24, 2.45) is 0 Å². The van der Waals surface area contributed by atoms with Gasteiger partial charge in [-0.15, -0.1) is 11.3 Å². The van der Waals surface area contributed by atoms with Crippen LogP contribution in [0.4, 0.5) is 16.3 Å². The van der Waals surface area contributed by atoms with E-state index in [0.717, 1.165) is 41.7 Å². The van der Waals surface area contributed by atoms with Crippen LogP contribution >= 0.6 is 11.3 Å². The highest BCUT2D eigenvalue weighted by Crippen LogP contribution is 2.36. The molecule has 0 unspecified atom stereocenters. The highest BCUT2D eigenvalue weighted by atomic mass is 32.1. The number of benzene rings is 1. The molecule has 0 aliphatic carbocycles. The van der Waals surface area contributed by atoms with Gasteiger partial charge >= 0.3 is 6.03 Å². The number of hydrogen-bond donors (Lipinski definition) is 1. The Labute approximate surface area is 188 Å². The number of fused-ring (bicyclic) bond motifs is 1. The molecule has 0 spiro atoms. The van der Waals surface area contributed by atoms with Crippen molar-refractivity contribution in [3.63, 3.8) is 0 Å². The molecule has 1 fully saturated rings. The predicted molar refractivity (Wildman–Crippen MR) is 130 cm³/mol. The number of urea groups is 1. The Morgan fingerprint density at radius 3 is 2.58 bits per heavy atom. The second-order valence-corrected chi connectivity index (χ2v) is 9.68. The first-order valence-corrected chi connectivity index (χ1v) is 11.9. The summed E-state index contributed by atoms with van der Waals surface area (Å²) in [5.41, 5.74) is 3.34. The first-order chi connectivity index (χ1) is 14.9. The largest absolute Gasteiger partial charge is 0.352 e. The Bertz CT molecular complexity index is 1100. The number of carbonyl (C=O) groups excluding carboxylic acids is 1. The van der Waals surface area contributed by atoms with Crippen molar-refractivity contribution in [1.29, 1.82) is 0 Å². The molecule has 31 heavy (non-hydrogen) atoms. The lowest BCUT2D eigenvalue weighted by Gasteiger charge is -2.36. The number of piperazine rings is 1. The average molecular weight is 438 g/mol. The first-order valence-electron chi connectivity index (χ1n) is 11.0. The molecule has 2 amide bonds. The normalized spacial score (nSPS) is 14.5.